The zero-order valence-electron chi connectivity index (χ0n) is 12.8. The third-order valence-electron chi connectivity index (χ3n) is 4.94. The number of nitrogens with one attached hydrogen (secondary N) is 1. The summed E-state index contributed by atoms with van der Waals surface area (Å²) in [5.74, 6) is 0.620. The van der Waals surface area contributed by atoms with E-state index in [9.17, 15) is 9.18 Å². The van der Waals surface area contributed by atoms with E-state index in [0.717, 1.165) is 36.3 Å². The van der Waals surface area contributed by atoms with Crippen molar-refractivity contribution in [2.45, 2.75) is 12.5 Å². The number of rotatable bonds is 2. The maximum Gasteiger partial charge on any atom is 0.251 e. The van der Waals surface area contributed by atoms with Crippen LogP contribution < -0.4 is 5.32 Å². The van der Waals surface area contributed by atoms with Crippen molar-refractivity contribution in [2.24, 2.45) is 5.92 Å². The molecule has 118 valence electrons. The fourth-order valence-corrected chi connectivity index (χ4v) is 3.89. The van der Waals surface area contributed by atoms with Gasteiger partial charge < -0.3 is 5.32 Å². The monoisotopic (exact) mass is 310 g/mol. The number of carbonyl (C=O) groups is 1. The highest BCUT2D eigenvalue weighted by molar-refractivity contribution is 5.96. The highest BCUT2D eigenvalue weighted by Crippen LogP contribution is 2.36. The molecule has 0 radical (unpaired) electrons. The van der Waals surface area contributed by atoms with Gasteiger partial charge in [0, 0.05) is 37.7 Å². The number of carbonyl (C=O) groups excluding carboxylic acids is 1. The number of likely N-dealkylation sites (tertiary alicyclic amines) is 1. The molecular formula is C19H19FN2O. The fraction of sp³-hybridized carbons (Fsp3) is 0.316. The summed E-state index contributed by atoms with van der Waals surface area (Å²) in [5, 5.41) is 3.04. The van der Waals surface area contributed by atoms with E-state index < -0.39 is 0 Å². The van der Waals surface area contributed by atoms with Crippen molar-refractivity contribution in [3.8, 4) is 0 Å². The number of amides is 1. The number of fused-ring (bicyclic) bond motifs is 3. The highest BCUT2D eigenvalue weighted by atomic mass is 19.1. The van der Waals surface area contributed by atoms with Crippen molar-refractivity contribution in [3.05, 3.63) is 71.0 Å². The van der Waals surface area contributed by atoms with Crippen LogP contribution in [0.2, 0.25) is 0 Å². The van der Waals surface area contributed by atoms with Gasteiger partial charge in [0.25, 0.3) is 5.91 Å². The molecule has 0 unspecified atom stereocenters. The normalized spacial score (nSPS) is 23.8. The van der Waals surface area contributed by atoms with Crippen LogP contribution >= 0.6 is 0 Å². The highest BCUT2D eigenvalue weighted by Gasteiger charge is 2.37. The number of halogens is 1. The second-order valence-electron chi connectivity index (χ2n) is 6.49. The Morgan fingerprint density at radius 2 is 2.00 bits per heavy atom. The second kappa shape index (κ2) is 5.78. The lowest BCUT2D eigenvalue weighted by Gasteiger charge is -2.17. The Labute approximate surface area is 135 Å². The molecule has 0 bridgehead atoms. The average Bonchev–Trinajstić information content (AvgIpc) is 2.90. The van der Waals surface area contributed by atoms with Gasteiger partial charge in [0.15, 0.2) is 0 Å². The Morgan fingerprint density at radius 1 is 1.13 bits per heavy atom. The summed E-state index contributed by atoms with van der Waals surface area (Å²) >= 11 is 0. The van der Waals surface area contributed by atoms with Crippen LogP contribution in [0.5, 0.6) is 0 Å². The first-order chi connectivity index (χ1) is 11.2. The molecule has 2 aromatic carbocycles. The lowest BCUT2D eigenvalue weighted by molar-refractivity contribution is 0.0951. The molecule has 1 saturated heterocycles. The van der Waals surface area contributed by atoms with Gasteiger partial charge in [0.1, 0.15) is 5.82 Å². The molecule has 0 spiro atoms. The largest absolute Gasteiger partial charge is 0.352 e. The predicted octanol–water partition coefficient (Wildman–Crippen LogP) is 2.78. The third-order valence-corrected chi connectivity index (χ3v) is 4.94. The second-order valence-corrected chi connectivity index (χ2v) is 6.49. The van der Waals surface area contributed by atoms with E-state index >= 15 is 0 Å². The van der Waals surface area contributed by atoms with Crippen LogP contribution in [0.1, 0.15) is 27.4 Å². The molecule has 0 aliphatic carbocycles. The van der Waals surface area contributed by atoms with Gasteiger partial charge in [-0.1, -0.05) is 30.3 Å². The third kappa shape index (κ3) is 2.75. The molecule has 3 nitrogen and oxygen atoms in total. The van der Waals surface area contributed by atoms with Crippen LogP contribution in [0, 0.1) is 11.7 Å². The Bertz CT molecular complexity index is 746. The van der Waals surface area contributed by atoms with Crippen molar-refractivity contribution in [1.82, 2.24) is 10.2 Å². The Kier molecular flexibility index (Phi) is 3.62. The first kappa shape index (κ1) is 14.4. The van der Waals surface area contributed by atoms with E-state index in [2.05, 4.69) is 16.3 Å². The van der Waals surface area contributed by atoms with Gasteiger partial charge in [-0.15, -0.1) is 0 Å². The van der Waals surface area contributed by atoms with Crippen molar-refractivity contribution >= 4 is 5.91 Å². The van der Waals surface area contributed by atoms with Crippen LogP contribution in [0.3, 0.4) is 0 Å². The van der Waals surface area contributed by atoms with Crippen molar-refractivity contribution in [3.63, 3.8) is 0 Å². The number of hydrogen-bond donors (Lipinski definition) is 1. The first-order valence-electron chi connectivity index (χ1n) is 8.04. The smallest absolute Gasteiger partial charge is 0.251 e. The van der Waals surface area contributed by atoms with Crippen LogP contribution in [0.4, 0.5) is 4.39 Å². The number of hydrogen-bond acceptors (Lipinski definition) is 2. The Hall–Kier alpha value is -2.20. The molecule has 0 aromatic heterocycles. The van der Waals surface area contributed by atoms with Crippen LogP contribution in [-0.4, -0.2) is 30.4 Å². The quantitative estimate of drug-likeness (QED) is 0.925. The lowest BCUT2D eigenvalue weighted by atomic mass is 9.87. The van der Waals surface area contributed by atoms with Gasteiger partial charge in [-0.25, -0.2) is 4.39 Å². The van der Waals surface area contributed by atoms with Crippen LogP contribution in [0.25, 0.3) is 0 Å². The number of nitrogens with zero attached hydrogens (tertiary/aromatic N) is 1. The molecule has 2 aliphatic heterocycles. The molecule has 1 N–H and O–H groups in total. The topological polar surface area (TPSA) is 32.3 Å². The number of benzene rings is 2. The summed E-state index contributed by atoms with van der Waals surface area (Å²) in [7, 11) is 0. The Morgan fingerprint density at radius 3 is 2.87 bits per heavy atom. The summed E-state index contributed by atoms with van der Waals surface area (Å²) in [6.45, 7) is 3.29. The Balaban J connectivity index is 1.57. The minimum absolute atomic E-state index is 0.0340. The standard InChI is InChI=1S/C19H19FN2O/c20-15-5-3-4-13(8-15)10-22-11-14-9-21-19(23)17-7-2-1-6-16(17)18(14)12-22/h1-8,14,18H,9-12H2,(H,21,23)/t14-,18-/m0/s1. The minimum Gasteiger partial charge on any atom is -0.352 e. The molecular weight excluding hydrogens is 291 g/mol. The van der Waals surface area contributed by atoms with E-state index in [1.807, 2.05) is 24.3 Å². The summed E-state index contributed by atoms with van der Waals surface area (Å²) < 4.78 is 13.4. The van der Waals surface area contributed by atoms with Gasteiger partial charge in [-0.3, -0.25) is 9.69 Å². The summed E-state index contributed by atoms with van der Waals surface area (Å²) in [4.78, 5) is 14.5. The zero-order chi connectivity index (χ0) is 15.8. The van der Waals surface area contributed by atoms with Crippen LogP contribution in [-0.2, 0) is 6.54 Å². The molecule has 2 aliphatic rings. The fourth-order valence-electron chi connectivity index (χ4n) is 3.89. The van der Waals surface area contributed by atoms with Gasteiger partial charge in [0.05, 0.1) is 0 Å². The maximum absolute atomic E-state index is 13.4. The molecule has 4 heteroatoms. The van der Waals surface area contributed by atoms with Gasteiger partial charge in [-0.05, 0) is 35.2 Å². The van der Waals surface area contributed by atoms with E-state index in [0.29, 0.717) is 18.4 Å². The van der Waals surface area contributed by atoms with Gasteiger partial charge in [-0.2, -0.15) is 0 Å². The van der Waals surface area contributed by atoms with Crippen LogP contribution in [0.15, 0.2) is 48.5 Å². The summed E-state index contributed by atoms with van der Waals surface area (Å²) in [6.07, 6.45) is 0. The van der Waals surface area contributed by atoms with E-state index in [-0.39, 0.29) is 11.7 Å². The average molecular weight is 310 g/mol. The van der Waals surface area contributed by atoms with Crippen molar-refractivity contribution in [1.29, 1.82) is 0 Å². The zero-order valence-corrected chi connectivity index (χ0v) is 12.8. The molecule has 4 rings (SSSR count). The van der Waals surface area contributed by atoms with E-state index in [1.54, 1.807) is 12.1 Å². The molecule has 1 amide bonds. The van der Waals surface area contributed by atoms with Crippen molar-refractivity contribution < 1.29 is 9.18 Å². The molecule has 23 heavy (non-hydrogen) atoms. The SMILES string of the molecule is O=C1NC[C@H]2CN(Cc3cccc(F)c3)C[C@@H]2c2ccccc21. The summed E-state index contributed by atoms with van der Waals surface area (Å²) in [6, 6.07) is 14.7. The summed E-state index contributed by atoms with van der Waals surface area (Å²) in [5.41, 5.74) is 2.95. The molecule has 0 saturated carbocycles. The molecule has 2 heterocycles. The van der Waals surface area contributed by atoms with Gasteiger partial charge in [0.2, 0.25) is 0 Å². The minimum atomic E-state index is -0.187. The van der Waals surface area contributed by atoms with E-state index in [1.165, 1.54) is 6.07 Å². The predicted molar refractivity (Wildman–Crippen MR) is 86.7 cm³/mol. The first-order valence-corrected chi connectivity index (χ1v) is 8.04. The molecule has 2 atom stereocenters. The lowest BCUT2D eigenvalue weighted by Crippen LogP contribution is -2.29. The molecule has 2 aromatic rings. The maximum atomic E-state index is 13.4. The van der Waals surface area contributed by atoms with Gasteiger partial charge >= 0.3 is 0 Å². The van der Waals surface area contributed by atoms with Crippen molar-refractivity contribution in [2.75, 3.05) is 19.6 Å². The van der Waals surface area contributed by atoms with E-state index in [4.69, 9.17) is 0 Å². The molecule has 1 fully saturated rings.